The maximum Gasteiger partial charge on any atom is 0.0932 e. The summed E-state index contributed by atoms with van der Waals surface area (Å²) >= 11 is 0. The van der Waals surface area contributed by atoms with Crippen molar-refractivity contribution < 1.29 is 0 Å². The fraction of sp³-hybridized carbons (Fsp3) is 0.562. The van der Waals surface area contributed by atoms with Crippen molar-refractivity contribution in [2.45, 2.75) is 53.4 Å². The number of H-pyrrole nitrogens is 1. The number of hydrogen-bond donors (Lipinski definition) is 1. The molecule has 1 N–H and O–H groups in total. The molecule has 0 amide bonds. The van der Waals surface area contributed by atoms with Gasteiger partial charge in [-0.05, 0) is 34.4 Å². The van der Waals surface area contributed by atoms with Crippen molar-refractivity contribution in [2.24, 2.45) is 5.41 Å². The normalized spacial score (nSPS) is 13.2. The first-order valence-corrected chi connectivity index (χ1v) is 6.63. The third kappa shape index (κ3) is 2.74. The Labute approximate surface area is 110 Å². The number of aromatic amines is 1. The highest BCUT2D eigenvalue weighted by Gasteiger charge is 2.21. The van der Waals surface area contributed by atoms with Crippen molar-refractivity contribution in [1.82, 2.24) is 9.97 Å². The van der Waals surface area contributed by atoms with Gasteiger partial charge < -0.3 is 4.98 Å². The van der Waals surface area contributed by atoms with Gasteiger partial charge in [0.2, 0.25) is 0 Å². The minimum Gasteiger partial charge on any atom is -0.345 e. The lowest BCUT2D eigenvalue weighted by atomic mass is 9.82. The average molecular weight is 244 g/mol. The summed E-state index contributed by atoms with van der Waals surface area (Å²) in [5, 5.41) is 0. The van der Waals surface area contributed by atoms with Crippen molar-refractivity contribution in [3.63, 3.8) is 0 Å². The van der Waals surface area contributed by atoms with Gasteiger partial charge >= 0.3 is 0 Å². The quantitative estimate of drug-likeness (QED) is 0.789. The van der Waals surface area contributed by atoms with E-state index in [1.165, 1.54) is 11.1 Å². The minimum atomic E-state index is 0.126. The summed E-state index contributed by atoms with van der Waals surface area (Å²) in [6.07, 6.45) is 2.88. The van der Waals surface area contributed by atoms with Gasteiger partial charge in [0.25, 0.3) is 0 Å². The molecule has 0 fully saturated rings. The van der Waals surface area contributed by atoms with E-state index in [1.807, 2.05) is 0 Å². The summed E-state index contributed by atoms with van der Waals surface area (Å²) in [4.78, 5) is 7.71. The fourth-order valence-corrected chi connectivity index (χ4v) is 2.40. The SMILES string of the molecule is CC(C)(C)Cc1cc(C(C)(C)C)c2nc[nH]c2c1. The van der Waals surface area contributed by atoms with Crippen LogP contribution in [0.1, 0.15) is 52.7 Å². The van der Waals surface area contributed by atoms with Crippen LogP contribution in [0, 0.1) is 5.41 Å². The molecular formula is C16H24N2. The Morgan fingerprint density at radius 1 is 1.06 bits per heavy atom. The lowest BCUT2D eigenvalue weighted by Crippen LogP contribution is -2.14. The molecule has 2 rings (SSSR count). The van der Waals surface area contributed by atoms with Gasteiger partial charge in [-0.15, -0.1) is 0 Å². The van der Waals surface area contributed by atoms with Crippen LogP contribution in [0.25, 0.3) is 11.0 Å². The molecule has 18 heavy (non-hydrogen) atoms. The summed E-state index contributed by atoms with van der Waals surface area (Å²) in [5.74, 6) is 0. The molecule has 98 valence electrons. The Bertz CT molecular complexity index is 550. The highest BCUT2D eigenvalue weighted by Crippen LogP contribution is 2.31. The molecule has 0 spiro atoms. The predicted molar refractivity (Wildman–Crippen MR) is 78.0 cm³/mol. The Morgan fingerprint density at radius 3 is 2.28 bits per heavy atom. The molecule has 0 unspecified atom stereocenters. The molecule has 1 aromatic carbocycles. The van der Waals surface area contributed by atoms with Gasteiger partial charge in [0, 0.05) is 0 Å². The maximum atomic E-state index is 4.47. The van der Waals surface area contributed by atoms with E-state index in [4.69, 9.17) is 0 Å². The molecule has 0 aliphatic heterocycles. The van der Waals surface area contributed by atoms with Crippen LogP contribution in [-0.4, -0.2) is 9.97 Å². The number of aromatic nitrogens is 2. The first-order valence-electron chi connectivity index (χ1n) is 6.63. The van der Waals surface area contributed by atoms with Crippen LogP contribution >= 0.6 is 0 Å². The second-order valence-corrected chi connectivity index (χ2v) is 7.43. The van der Waals surface area contributed by atoms with E-state index in [0.29, 0.717) is 5.41 Å². The van der Waals surface area contributed by atoms with E-state index >= 15 is 0 Å². The molecule has 0 bridgehead atoms. The minimum absolute atomic E-state index is 0.126. The molecular weight excluding hydrogens is 220 g/mol. The largest absolute Gasteiger partial charge is 0.345 e. The van der Waals surface area contributed by atoms with E-state index in [9.17, 15) is 0 Å². The first-order chi connectivity index (χ1) is 8.17. The van der Waals surface area contributed by atoms with Crippen molar-refractivity contribution in [3.05, 3.63) is 29.6 Å². The van der Waals surface area contributed by atoms with Gasteiger partial charge in [0.1, 0.15) is 0 Å². The van der Waals surface area contributed by atoms with E-state index in [2.05, 4.69) is 63.6 Å². The van der Waals surface area contributed by atoms with Crippen LogP contribution in [-0.2, 0) is 11.8 Å². The maximum absolute atomic E-state index is 4.47. The molecule has 0 aliphatic carbocycles. The molecule has 0 atom stereocenters. The van der Waals surface area contributed by atoms with Crippen LogP contribution in [0.5, 0.6) is 0 Å². The Kier molecular flexibility index (Phi) is 3.00. The molecule has 0 aliphatic rings. The molecule has 0 saturated heterocycles. The molecule has 0 saturated carbocycles. The topological polar surface area (TPSA) is 28.7 Å². The lowest BCUT2D eigenvalue weighted by molar-refractivity contribution is 0.411. The molecule has 0 radical (unpaired) electrons. The second-order valence-electron chi connectivity index (χ2n) is 7.43. The van der Waals surface area contributed by atoms with Crippen molar-refractivity contribution in [1.29, 1.82) is 0 Å². The van der Waals surface area contributed by atoms with E-state index in [-0.39, 0.29) is 5.41 Å². The summed E-state index contributed by atoms with van der Waals surface area (Å²) < 4.78 is 0. The fourth-order valence-electron chi connectivity index (χ4n) is 2.40. The van der Waals surface area contributed by atoms with Crippen LogP contribution in [0.15, 0.2) is 18.5 Å². The summed E-state index contributed by atoms with van der Waals surface area (Å²) in [7, 11) is 0. The van der Waals surface area contributed by atoms with Crippen molar-refractivity contribution in [2.75, 3.05) is 0 Å². The molecule has 1 aromatic heterocycles. The third-order valence-corrected chi connectivity index (χ3v) is 3.13. The Balaban J connectivity index is 2.58. The summed E-state index contributed by atoms with van der Waals surface area (Å²) in [6, 6.07) is 4.57. The lowest BCUT2D eigenvalue weighted by Gasteiger charge is -2.23. The number of benzene rings is 1. The van der Waals surface area contributed by atoms with E-state index in [1.54, 1.807) is 6.33 Å². The number of rotatable bonds is 1. The zero-order valence-corrected chi connectivity index (χ0v) is 12.4. The van der Waals surface area contributed by atoms with Crippen molar-refractivity contribution >= 4 is 11.0 Å². The van der Waals surface area contributed by atoms with Gasteiger partial charge in [-0.1, -0.05) is 47.6 Å². The van der Waals surface area contributed by atoms with Gasteiger partial charge in [-0.3, -0.25) is 0 Å². The molecule has 2 nitrogen and oxygen atoms in total. The number of fused-ring (bicyclic) bond motifs is 1. The molecule has 2 aromatic rings. The number of hydrogen-bond acceptors (Lipinski definition) is 1. The third-order valence-electron chi connectivity index (χ3n) is 3.13. The average Bonchev–Trinajstić information content (AvgIpc) is 2.59. The van der Waals surface area contributed by atoms with E-state index in [0.717, 1.165) is 17.5 Å². The summed E-state index contributed by atoms with van der Waals surface area (Å²) in [5.41, 5.74) is 5.43. The molecule has 1 heterocycles. The zero-order valence-electron chi connectivity index (χ0n) is 12.4. The number of nitrogens with one attached hydrogen (secondary N) is 1. The van der Waals surface area contributed by atoms with Crippen LogP contribution in [0.4, 0.5) is 0 Å². The van der Waals surface area contributed by atoms with Gasteiger partial charge in [-0.2, -0.15) is 0 Å². The van der Waals surface area contributed by atoms with E-state index < -0.39 is 0 Å². The number of imidazole rings is 1. The monoisotopic (exact) mass is 244 g/mol. The second kappa shape index (κ2) is 4.11. The summed E-state index contributed by atoms with van der Waals surface area (Å²) in [6.45, 7) is 13.6. The van der Waals surface area contributed by atoms with Crippen LogP contribution in [0.2, 0.25) is 0 Å². The Morgan fingerprint density at radius 2 is 1.72 bits per heavy atom. The van der Waals surface area contributed by atoms with Crippen LogP contribution in [0.3, 0.4) is 0 Å². The highest BCUT2D eigenvalue weighted by molar-refractivity contribution is 5.80. The van der Waals surface area contributed by atoms with Gasteiger partial charge in [-0.25, -0.2) is 4.98 Å². The van der Waals surface area contributed by atoms with Crippen molar-refractivity contribution in [3.8, 4) is 0 Å². The van der Waals surface area contributed by atoms with Crippen LogP contribution < -0.4 is 0 Å². The highest BCUT2D eigenvalue weighted by atomic mass is 14.9. The zero-order chi connectivity index (χ0) is 13.6. The Hall–Kier alpha value is -1.31. The standard InChI is InChI=1S/C16H24N2/c1-15(2,3)9-11-7-12(16(4,5)6)14-13(8-11)17-10-18-14/h7-8,10H,9H2,1-6H3,(H,17,18). The molecule has 2 heteroatoms. The van der Waals surface area contributed by atoms with Gasteiger partial charge in [0.15, 0.2) is 0 Å². The van der Waals surface area contributed by atoms with Gasteiger partial charge in [0.05, 0.1) is 17.4 Å². The number of nitrogens with zero attached hydrogens (tertiary/aromatic N) is 1. The predicted octanol–water partition coefficient (Wildman–Crippen LogP) is 4.45. The first kappa shape index (κ1) is 13.1. The smallest absolute Gasteiger partial charge is 0.0932 e.